The second-order valence-electron chi connectivity index (χ2n) is 5.35. The molecule has 4 heteroatoms. The fourth-order valence-corrected chi connectivity index (χ4v) is 2.76. The zero-order chi connectivity index (χ0) is 13.7. The van der Waals surface area contributed by atoms with Crippen molar-refractivity contribution in [3.8, 4) is 6.07 Å². The number of aliphatic hydroxyl groups is 1. The molecule has 0 bridgehead atoms. The first-order chi connectivity index (χ1) is 9.21. The standard InChI is InChI=1S/C15H19FN2O/c16-13-5-4-6-14(12(13)9-17)18-10-15(11-19)7-2-1-3-8-15/h4-6,18-19H,1-3,7-8,10-11H2. The maximum Gasteiger partial charge on any atom is 0.143 e. The quantitative estimate of drug-likeness (QED) is 0.876. The van der Waals surface area contributed by atoms with Crippen molar-refractivity contribution in [1.82, 2.24) is 0 Å². The average Bonchev–Trinajstić information content (AvgIpc) is 2.46. The Kier molecular flexibility index (Phi) is 4.39. The number of nitrogens with one attached hydrogen (secondary N) is 1. The van der Waals surface area contributed by atoms with Gasteiger partial charge in [0, 0.05) is 12.0 Å². The Bertz CT molecular complexity index is 476. The van der Waals surface area contributed by atoms with Crippen molar-refractivity contribution in [3.63, 3.8) is 0 Å². The van der Waals surface area contributed by atoms with Crippen LogP contribution < -0.4 is 5.32 Å². The van der Waals surface area contributed by atoms with Crippen molar-refractivity contribution < 1.29 is 9.50 Å². The number of hydrogen-bond donors (Lipinski definition) is 2. The topological polar surface area (TPSA) is 56.0 Å². The van der Waals surface area contributed by atoms with Crippen LogP contribution in [0.4, 0.5) is 10.1 Å². The first-order valence-electron chi connectivity index (χ1n) is 6.74. The number of rotatable bonds is 4. The number of nitrogens with zero attached hydrogens (tertiary/aromatic N) is 1. The molecule has 2 rings (SSSR count). The molecule has 1 aliphatic carbocycles. The van der Waals surface area contributed by atoms with Gasteiger partial charge in [0.15, 0.2) is 0 Å². The summed E-state index contributed by atoms with van der Waals surface area (Å²) in [5.74, 6) is -0.505. The van der Waals surface area contributed by atoms with Crippen LogP contribution in [-0.4, -0.2) is 18.3 Å². The molecule has 1 saturated carbocycles. The highest BCUT2D eigenvalue weighted by Gasteiger charge is 2.31. The molecular formula is C15H19FN2O. The van der Waals surface area contributed by atoms with E-state index in [9.17, 15) is 9.50 Å². The van der Waals surface area contributed by atoms with E-state index in [-0.39, 0.29) is 17.6 Å². The fraction of sp³-hybridized carbons (Fsp3) is 0.533. The third kappa shape index (κ3) is 3.05. The summed E-state index contributed by atoms with van der Waals surface area (Å²) in [4.78, 5) is 0. The Balaban J connectivity index is 2.10. The third-order valence-corrected chi connectivity index (χ3v) is 4.03. The molecule has 0 aromatic heterocycles. The normalized spacial score (nSPS) is 17.7. The second-order valence-corrected chi connectivity index (χ2v) is 5.35. The van der Waals surface area contributed by atoms with Crippen LogP contribution in [0.1, 0.15) is 37.7 Å². The molecule has 0 aliphatic heterocycles. The van der Waals surface area contributed by atoms with Crippen LogP contribution in [0, 0.1) is 22.6 Å². The van der Waals surface area contributed by atoms with Gasteiger partial charge < -0.3 is 10.4 Å². The van der Waals surface area contributed by atoms with Gasteiger partial charge in [-0.1, -0.05) is 25.3 Å². The molecule has 1 aromatic rings. The second kappa shape index (κ2) is 6.03. The Labute approximate surface area is 113 Å². The first kappa shape index (κ1) is 13.8. The Hall–Kier alpha value is -1.60. The van der Waals surface area contributed by atoms with Gasteiger partial charge in [0.2, 0.25) is 0 Å². The van der Waals surface area contributed by atoms with Crippen molar-refractivity contribution in [2.75, 3.05) is 18.5 Å². The van der Waals surface area contributed by atoms with Gasteiger partial charge in [0.05, 0.1) is 12.3 Å². The van der Waals surface area contributed by atoms with Crippen molar-refractivity contribution in [1.29, 1.82) is 5.26 Å². The summed E-state index contributed by atoms with van der Waals surface area (Å²) in [7, 11) is 0. The minimum atomic E-state index is -0.505. The zero-order valence-corrected chi connectivity index (χ0v) is 11.0. The predicted octanol–water partition coefficient (Wildman–Crippen LogP) is 3.05. The molecule has 1 aromatic carbocycles. The largest absolute Gasteiger partial charge is 0.396 e. The van der Waals surface area contributed by atoms with Gasteiger partial charge in [0.25, 0.3) is 0 Å². The summed E-state index contributed by atoms with van der Waals surface area (Å²) in [6.45, 7) is 0.721. The van der Waals surface area contributed by atoms with E-state index in [4.69, 9.17) is 5.26 Å². The van der Waals surface area contributed by atoms with Gasteiger partial charge in [-0.2, -0.15) is 5.26 Å². The molecule has 2 N–H and O–H groups in total. The lowest BCUT2D eigenvalue weighted by Gasteiger charge is -2.36. The van der Waals surface area contributed by atoms with Gasteiger partial charge in [-0.05, 0) is 25.0 Å². The number of aliphatic hydroxyl groups excluding tert-OH is 1. The molecule has 19 heavy (non-hydrogen) atoms. The van der Waals surface area contributed by atoms with E-state index >= 15 is 0 Å². The van der Waals surface area contributed by atoms with E-state index in [0.29, 0.717) is 12.2 Å². The molecular weight excluding hydrogens is 243 g/mol. The summed E-state index contributed by atoms with van der Waals surface area (Å²) < 4.78 is 13.5. The van der Waals surface area contributed by atoms with Crippen molar-refractivity contribution in [2.45, 2.75) is 32.1 Å². The Morgan fingerprint density at radius 3 is 2.68 bits per heavy atom. The lowest BCUT2D eigenvalue weighted by Crippen LogP contribution is -2.35. The van der Waals surface area contributed by atoms with Crippen molar-refractivity contribution in [2.24, 2.45) is 5.41 Å². The molecule has 3 nitrogen and oxygen atoms in total. The molecule has 0 atom stereocenters. The highest BCUT2D eigenvalue weighted by Crippen LogP contribution is 2.36. The average molecular weight is 262 g/mol. The third-order valence-electron chi connectivity index (χ3n) is 4.03. The Morgan fingerprint density at radius 2 is 2.05 bits per heavy atom. The smallest absolute Gasteiger partial charge is 0.143 e. The fourth-order valence-electron chi connectivity index (χ4n) is 2.76. The van der Waals surface area contributed by atoms with Crippen LogP contribution in [0.3, 0.4) is 0 Å². The summed E-state index contributed by atoms with van der Waals surface area (Å²) in [5, 5.41) is 21.7. The van der Waals surface area contributed by atoms with E-state index in [1.807, 2.05) is 6.07 Å². The summed E-state index contributed by atoms with van der Waals surface area (Å²) in [6, 6.07) is 6.46. The van der Waals surface area contributed by atoms with Crippen LogP contribution in [0.5, 0.6) is 0 Å². The number of anilines is 1. The highest BCUT2D eigenvalue weighted by molar-refractivity contribution is 5.58. The van der Waals surface area contributed by atoms with Gasteiger partial charge in [-0.3, -0.25) is 0 Å². The molecule has 0 radical (unpaired) electrons. The molecule has 0 amide bonds. The van der Waals surface area contributed by atoms with Gasteiger partial charge in [0.1, 0.15) is 17.4 Å². The van der Waals surface area contributed by atoms with E-state index in [1.165, 1.54) is 12.5 Å². The lowest BCUT2D eigenvalue weighted by atomic mass is 9.74. The first-order valence-corrected chi connectivity index (χ1v) is 6.74. The molecule has 0 unspecified atom stereocenters. The number of halogens is 1. The summed E-state index contributed by atoms with van der Waals surface area (Å²) in [5.41, 5.74) is 0.435. The predicted molar refractivity (Wildman–Crippen MR) is 72.2 cm³/mol. The Morgan fingerprint density at radius 1 is 1.32 bits per heavy atom. The van der Waals surface area contributed by atoms with E-state index in [2.05, 4.69) is 5.32 Å². The minimum Gasteiger partial charge on any atom is -0.396 e. The number of hydrogen-bond acceptors (Lipinski definition) is 3. The van der Waals surface area contributed by atoms with Crippen LogP contribution in [-0.2, 0) is 0 Å². The van der Waals surface area contributed by atoms with Crippen LogP contribution in [0.25, 0.3) is 0 Å². The molecule has 1 fully saturated rings. The zero-order valence-electron chi connectivity index (χ0n) is 11.0. The van der Waals surface area contributed by atoms with Crippen molar-refractivity contribution >= 4 is 5.69 Å². The maximum atomic E-state index is 13.5. The molecule has 0 saturated heterocycles. The van der Waals surface area contributed by atoms with E-state index in [1.54, 1.807) is 12.1 Å². The van der Waals surface area contributed by atoms with Gasteiger partial charge in [-0.25, -0.2) is 4.39 Å². The molecule has 0 heterocycles. The molecule has 102 valence electrons. The highest BCUT2D eigenvalue weighted by atomic mass is 19.1. The minimum absolute atomic E-state index is 0.0476. The van der Waals surface area contributed by atoms with Gasteiger partial charge >= 0.3 is 0 Å². The van der Waals surface area contributed by atoms with E-state index in [0.717, 1.165) is 25.7 Å². The summed E-state index contributed by atoms with van der Waals surface area (Å²) >= 11 is 0. The van der Waals surface area contributed by atoms with E-state index < -0.39 is 5.82 Å². The van der Waals surface area contributed by atoms with Crippen LogP contribution in [0.2, 0.25) is 0 Å². The maximum absolute atomic E-state index is 13.5. The van der Waals surface area contributed by atoms with Crippen LogP contribution in [0.15, 0.2) is 18.2 Å². The van der Waals surface area contributed by atoms with Gasteiger partial charge in [-0.15, -0.1) is 0 Å². The molecule has 0 spiro atoms. The van der Waals surface area contributed by atoms with Crippen molar-refractivity contribution in [3.05, 3.63) is 29.6 Å². The van der Waals surface area contributed by atoms with Crippen LogP contribution >= 0.6 is 0 Å². The SMILES string of the molecule is N#Cc1c(F)cccc1NCC1(CO)CCCCC1. The number of benzene rings is 1. The number of nitriles is 1. The lowest BCUT2D eigenvalue weighted by molar-refractivity contribution is 0.0944. The molecule has 1 aliphatic rings. The summed E-state index contributed by atoms with van der Waals surface area (Å²) in [6.07, 6.45) is 5.42. The monoisotopic (exact) mass is 262 g/mol.